The first-order valence-corrected chi connectivity index (χ1v) is 9.57. The van der Waals surface area contributed by atoms with E-state index in [1.54, 1.807) is 19.1 Å². The van der Waals surface area contributed by atoms with Crippen molar-refractivity contribution in [3.63, 3.8) is 0 Å². The summed E-state index contributed by atoms with van der Waals surface area (Å²) in [7, 11) is 0. The summed E-state index contributed by atoms with van der Waals surface area (Å²) in [5.74, 6) is 0.345. The maximum Gasteiger partial charge on any atom is 0.319 e. The van der Waals surface area contributed by atoms with Gasteiger partial charge >= 0.3 is 6.03 Å². The second-order valence-corrected chi connectivity index (χ2v) is 7.40. The predicted octanol–water partition coefficient (Wildman–Crippen LogP) is 3.17. The third kappa shape index (κ3) is 4.50. The van der Waals surface area contributed by atoms with Crippen LogP contribution in [0, 0.1) is 12.8 Å². The quantitative estimate of drug-likeness (QED) is 0.835. The Bertz CT molecular complexity index is 789. The van der Waals surface area contributed by atoms with Gasteiger partial charge in [0, 0.05) is 19.6 Å². The number of nitrogens with one attached hydrogen (secondary N) is 2. The third-order valence-corrected chi connectivity index (χ3v) is 5.57. The van der Waals surface area contributed by atoms with E-state index in [9.17, 15) is 9.59 Å². The number of para-hydroxylation sites is 1. The van der Waals surface area contributed by atoms with Crippen LogP contribution in [0.25, 0.3) is 0 Å². The summed E-state index contributed by atoms with van der Waals surface area (Å²) < 4.78 is 3.82. The van der Waals surface area contributed by atoms with E-state index in [0.717, 1.165) is 24.4 Å². The molecule has 1 saturated heterocycles. The first kappa shape index (κ1) is 18.6. The molecule has 3 amide bonds. The third-order valence-electron chi connectivity index (χ3n) is 4.42. The second kappa shape index (κ2) is 8.46. The molecule has 1 fully saturated rings. The number of urea groups is 1. The molecular weight excluding hydrogens is 374 g/mol. The summed E-state index contributed by atoms with van der Waals surface area (Å²) in [5, 5.41) is 10.0. The van der Waals surface area contributed by atoms with Crippen molar-refractivity contribution in [3.8, 4) is 0 Å². The molecule has 0 spiro atoms. The van der Waals surface area contributed by atoms with E-state index in [4.69, 9.17) is 11.6 Å². The lowest BCUT2D eigenvalue weighted by Crippen LogP contribution is -2.42. The van der Waals surface area contributed by atoms with Crippen LogP contribution >= 0.6 is 23.1 Å². The SMILES string of the molecule is Cc1nnsc1C(=O)N1CCC(CNC(=O)Nc2ccccc2Cl)CC1. The van der Waals surface area contributed by atoms with Crippen molar-refractivity contribution in [1.82, 2.24) is 19.8 Å². The number of carbonyl (C=O) groups is 2. The Morgan fingerprint density at radius 2 is 2.04 bits per heavy atom. The van der Waals surface area contributed by atoms with Crippen molar-refractivity contribution in [2.45, 2.75) is 19.8 Å². The molecule has 0 saturated carbocycles. The zero-order chi connectivity index (χ0) is 18.5. The summed E-state index contributed by atoms with van der Waals surface area (Å²) in [6.07, 6.45) is 1.70. The second-order valence-electron chi connectivity index (χ2n) is 6.24. The molecule has 2 N–H and O–H groups in total. The van der Waals surface area contributed by atoms with E-state index in [2.05, 4.69) is 20.2 Å². The molecule has 0 aliphatic carbocycles. The molecule has 3 rings (SSSR count). The normalized spacial score (nSPS) is 14.9. The van der Waals surface area contributed by atoms with Crippen LogP contribution < -0.4 is 10.6 Å². The highest BCUT2D eigenvalue weighted by Gasteiger charge is 2.26. The molecule has 0 bridgehead atoms. The molecule has 9 heteroatoms. The molecular formula is C17H20ClN5O2S. The van der Waals surface area contributed by atoms with Crippen LogP contribution in [-0.2, 0) is 0 Å². The van der Waals surface area contributed by atoms with Crippen LogP contribution in [-0.4, -0.2) is 46.1 Å². The van der Waals surface area contributed by atoms with E-state index in [-0.39, 0.29) is 11.9 Å². The highest BCUT2D eigenvalue weighted by atomic mass is 35.5. The lowest BCUT2D eigenvalue weighted by atomic mass is 9.96. The van der Waals surface area contributed by atoms with Crippen molar-refractivity contribution >= 4 is 40.8 Å². The Balaban J connectivity index is 1.43. The average molecular weight is 394 g/mol. The molecule has 1 aliphatic rings. The van der Waals surface area contributed by atoms with E-state index in [1.165, 1.54) is 0 Å². The van der Waals surface area contributed by atoms with E-state index < -0.39 is 0 Å². The number of anilines is 1. The van der Waals surface area contributed by atoms with Gasteiger partial charge in [0.25, 0.3) is 5.91 Å². The summed E-state index contributed by atoms with van der Waals surface area (Å²) >= 11 is 7.17. The molecule has 1 aromatic heterocycles. The number of rotatable bonds is 4. The minimum absolute atomic E-state index is 0.000344. The Hall–Kier alpha value is -2.19. The number of aryl methyl sites for hydroxylation is 1. The standard InChI is InChI=1S/C17H20ClN5O2S/c1-11-15(26-22-21-11)16(24)23-8-6-12(7-9-23)10-19-17(25)20-14-5-3-2-4-13(14)18/h2-5,12H,6-10H2,1H3,(H2,19,20,25). The van der Waals surface area contributed by atoms with Gasteiger partial charge in [-0.3, -0.25) is 4.79 Å². The molecule has 2 heterocycles. The van der Waals surface area contributed by atoms with Crippen molar-refractivity contribution in [1.29, 1.82) is 0 Å². The van der Waals surface area contributed by atoms with Gasteiger partial charge in [-0.15, -0.1) is 5.10 Å². The first-order valence-electron chi connectivity index (χ1n) is 8.42. The van der Waals surface area contributed by atoms with Crippen molar-refractivity contribution in [2.24, 2.45) is 5.92 Å². The molecule has 7 nitrogen and oxygen atoms in total. The van der Waals surface area contributed by atoms with Gasteiger partial charge in [0.05, 0.1) is 16.4 Å². The summed E-state index contributed by atoms with van der Waals surface area (Å²) in [6, 6.07) is 6.83. The van der Waals surface area contributed by atoms with Gasteiger partial charge in [-0.05, 0) is 49.3 Å². The van der Waals surface area contributed by atoms with Crippen LogP contribution in [0.4, 0.5) is 10.5 Å². The molecule has 138 valence electrons. The summed E-state index contributed by atoms with van der Waals surface area (Å²) in [6.45, 7) is 3.72. The van der Waals surface area contributed by atoms with E-state index in [0.29, 0.717) is 46.8 Å². The average Bonchev–Trinajstić information content (AvgIpc) is 3.08. The molecule has 0 unspecified atom stereocenters. The van der Waals surface area contributed by atoms with Gasteiger partial charge < -0.3 is 15.5 Å². The number of benzene rings is 1. The molecule has 26 heavy (non-hydrogen) atoms. The molecule has 0 radical (unpaired) electrons. The molecule has 0 atom stereocenters. The van der Waals surface area contributed by atoms with Crippen molar-refractivity contribution in [3.05, 3.63) is 39.9 Å². The fourth-order valence-corrected chi connectivity index (χ4v) is 3.69. The number of aromatic nitrogens is 2. The Morgan fingerprint density at radius 1 is 1.31 bits per heavy atom. The lowest BCUT2D eigenvalue weighted by molar-refractivity contribution is 0.0694. The van der Waals surface area contributed by atoms with Crippen molar-refractivity contribution < 1.29 is 9.59 Å². The fourth-order valence-electron chi connectivity index (χ4n) is 2.88. The topological polar surface area (TPSA) is 87.2 Å². The van der Waals surface area contributed by atoms with Crippen LogP contribution in [0.1, 0.15) is 28.2 Å². The smallest absolute Gasteiger partial charge is 0.319 e. The van der Waals surface area contributed by atoms with Gasteiger partial charge in [0.15, 0.2) is 0 Å². The fraction of sp³-hybridized carbons (Fsp3) is 0.412. The zero-order valence-corrected chi connectivity index (χ0v) is 15.9. The number of hydrogen-bond acceptors (Lipinski definition) is 5. The number of amides is 3. The molecule has 2 aromatic rings. The van der Waals surface area contributed by atoms with Crippen LogP contribution in [0.15, 0.2) is 24.3 Å². The highest BCUT2D eigenvalue weighted by molar-refractivity contribution is 7.07. The Labute approximate surface area is 160 Å². The largest absolute Gasteiger partial charge is 0.338 e. The minimum atomic E-state index is -0.275. The van der Waals surface area contributed by atoms with Crippen LogP contribution in [0.2, 0.25) is 5.02 Å². The predicted molar refractivity (Wildman–Crippen MR) is 102 cm³/mol. The minimum Gasteiger partial charge on any atom is -0.338 e. The summed E-state index contributed by atoms with van der Waals surface area (Å²) in [5.41, 5.74) is 1.26. The number of carbonyl (C=O) groups excluding carboxylic acids is 2. The zero-order valence-electron chi connectivity index (χ0n) is 14.4. The number of nitrogens with zero attached hydrogens (tertiary/aromatic N) is 3. The van der Waals surface area contributed by atoms with E-state index in [1.807, 2.05) is 17.0 Å². The van der Waals surface area contributed by atoms with Crippen molar-refractivity contribution in [2.75, 3.05) is 25.0 Å². The van der Waals surface area contributed by atoms with Gasteiger partial charge in [-0.2, -0.15) is 0 Å². The number of piperidine rings is 1. The van der Waals surface area contributed by atoms with Crippen LogP contribution in [0.3, 0.4) is 0 Å². The molecule has 1 aliphatic heterocycles. The van der Waals surface area contributed by atoms with Crippen LogP contribution in [0.5, 0.6) is 0 Å². The number of halogens is 1. The lowest BCUT2D eigenvalue weighted by Gasteiger charge is -2.31. The van der Waals surface area contributed by atoms with Gasteiger partial charge in [0.1, 0.15) is 4.88 Å². The van der Waals surface area contributed by atoms with Gasteiger partial charge in [-0.25, -0.2) is 4.79 Å². The Morgan fingerprint density at radius 3 is 2.69 bits per heavy atom. The molecule has 1 aromatic carbocycles. The number of likely N-dealkylation sites (tertiary alicyclic amines) is 1. The van der Waals surface area contributed by atoms with E-state index >= 15 is 0 Å². The Kier molecular flexibility index (Phi) is 6.05. The monoisotopic (exact) mass is 393 g/mol. The number of hydrogen-bond donors (Lipinski definition) is 2. The first-order chi connectivity index (χ1) is 12.5. The summed E-state index contributed by atoms with van der Waals surface area (Å²) in [4.78, 5) is 26.9. The highest BCUT2D eigenvalue weighted by Crippen LogP contribution is 2.22. The maximum atomic E-state index is 12.5. The van der Waals surface area contributed by atoms with Gasteiger partial charge in [0.2, 0.25) is 0 Å². The maximum absolute atomic E-state index is 12.5. The van der Waals surface area contributed by atoms with Gasteiger partial charge in [-0.1, -0.05) is 28.2 Å².